The highest BCUT2D eigenvalue weighted by atomic mass is 16.7. The van der Waals surface area contributed by atoms with E-state index in [1.54, 1.807) is 48.5 Å². The van der Waals surface area contributed by atoms with Gasteiger partial charge in [0.15, 0.2) is 23.5 Å². The van der Waals surface area contributed by atoms with E-state index in [2.05, 4.69) is 0 Å². The SMILES string of the molecule is O=C(c1ccccc1)C(OCCn1c(O)c2c(c1O)CCCC2)(OCCn1c(O)c2c(c1O)CCCC2)c1ccccc1. The third-order valence-corrected chi connectivity index (χ3v) is 8.77. The van der Waals surface area contributed by atoms with Crippen LogP contribution >= 0.6 is 0 Å². The molecule has 0 saturated carbocycles. The predicted molar refractivity (Wildman–Crippen MR) is 160 cm³/mol. The molecular weight excluding hydrogens is 548 g/mol. The summed E-state index contributed by atoms with van der Waals surface area (Å²) in [5.74, 6) is -2.19. The van der Waals surface area contributed by atoms with Crippen molar-refractivity contribution in [1.29, 1.82) is 0 Å². The number of ketones is 1. The average molecular weight is 587 g/mol. The number of fused-ring (bicyclic) bond motifs is 2. The highest BCUT2D eigenvalue weighted by Gasteiger charge is 2.44. The minimum atomic E-state index is -1.88. The number of nitrogens with zero attached hydrogens (tertiary/aromatic N) is 2. The standard InChI is InChI=1S/C34H38N2O7/c37-29(23-11-3-1-4-12-23)34(24-13-5-2-6-14-24,42-21-19-35-30(38)25-15-7-8-16-26(25)31(35)39)43-22-20-36-32(40)27-17-9-10-18-28(27)33(36)41/h1-6,11-14,38-41H,7-10,15-22H2. The van der Waals surface area contributed by atoms with Crippen molar-refractivity contribution in [2.45, 2.75) is 70.2 Å². The molecule has 0 saturated heterocycles. The maximum Gasteiger partial charge on any atom is 0.261 e. The first-order valence-corrected chi connectivity index (χ1v) is 15.1. The summed E-state index contributed by atoms with van der Waals surface area (Å²) in [5.41, 5.74) is 3.93. The molecule has 0 bridgehead atoms. The minimum Gasteiger partial charge on any atom is -0.494 e. The van der Waals surface area contributed by atoms with Crippen molar-refractivity contribution in [3.05, 3.63) is 94.0 Å². The third kappa shape index (κ3) is 5.28. The predicted octanol–water partition coefficient (Wildman–Crippen LogP) is 5.34. The number of ether oxygens (including phenoxy) is 2. The van der Waals surface area contributed by atoms with Gasteiger partial charge in [-0.15, -0.1) is 0 Å². The van der Waals surface area contributed by atoms with Crippen molar-refractivity contribution in [3.8, 4) is 23.5 Å². The number of aromatic hydroxyl groups is 4. The molecule has 4 N–H and O–H groups in total. The molecule has 0 unspecified atom stereocenters. The normalized spacial score (nSPS) is 14.8. The number of hydrogen-bond acceptors (Lipinski definition) is 7. The molecule has 6 rings (SSSR count). The Labute approximate surface area is 250 Å². The quantitative estimate of drug-likeness (QED) is 0.138. The van der Waals surface area contributed by atoms with Gasteiger partial charge in [0.2, 0.25) is 5.78 Å². The van der Waals surface area contributed by atoms with Gasteiger partial charge in [0.1, 0.15) is 0 Å². The molecule has 0 amide bonds. The Kier molecular flexibility index (Phi) is 8.19. The van der Waals surface area contributed by atoms with Gasteiger partial charge in [-0.25, -0.2) is 0 Å². The van der Waals surface area contributed by atoms with Crippen molar-refractivity contribution in [2.24, 2.45) is 0 Å². The lowest BCUT2D eigenvalue weighted by atomic mass is 9.95. The van der Waals surface area contributed by atoms with Gasteiger partial charge in [0.25, 0.3) is 5.79 Å². The second kappa shape index (κ2) is 12.2. The molecule has 2 aromatic heterocycles. The summed E-state index contributed by atoms with van der Waals surface area (Å²) in [5, 5.41) is 43.5. The Balaban J connectivity index is 1.31. The summed E-state index contributed by atoms with van der Waals surface area (Å²) >= 11 is 0. The molecule has 0 radical (unpaired) electrons. The van der Waals surface area contributed by atoms with E-state index in [4.69, 9.17) is 9.47 Å². The lowest BCUT2D eigenvalue weighted by molar-refractivity contribution is -0.212. The number of Topliss-reactive ketones (excluding diaryl/α,β-unsaturated/α-hetero) is 1. The van der Waals surface area contributed by atoms with Crippen molar-refractivity contribution in [1.82, 2.24) is 9.13 Å². The topological polar surface area (TPSA) is 126 Å². The van der Waals surface area contributed by atoms with Crippen LogP contribution in [0.15, 0.2) is 60.7 Å². The summed E-state index contributed by atoms with van der Waals surface area (Å²) < 4.78 is 15.7. The van der Waals surface area contributed by atoms with Crippen LogP contribution in [-0.2, 0) is 54.0 Å². The summed E-state index contributed by atoms with van der Waals surface area (Å²) in [6.07, 6.45) is 6.62. The van der Waals surface area contributed by atoms with E-state index in [0.29, 0.717) is 36.8 Å². The van der Waals surface area contributed by atoms with Gasteiger partial charge in [0.05, 0.1) is 26.3 Å². The van der Waals surface area contributed by atoms with E-state index >= 15 is 0 Å². The summed E-state index contributed by atoms with van der Waals surface area (Å²) in [7, 11) is 0. The molecule has 0 spiro atoms. The lowest BCUT2D eigenvalue weighted by Gasteiger charge is -2.33. The van der Waals surface area contributed by atoms with E-state index in [-0.39, 0.29) is 49.8 Å². The highest BCUT2D eigenvalue weighted by Crippen LogP contribution is 2.40. The molecule has 0 atom stereocenters. The molecule has 2 heterocycles. The number of aromatic nitrogens is 2. The van der Waals surface area contributed by atoms with Crippen LogP contribution in [0.5, 0.6) is 23.5 Å². The number of rotatable bonds is 11. The maximum atomic E-state index is 14.3. The van der Waals surface area contributed by atoms with Crippen molar-refractivity contribution < 1.29 is 34.7 Å². The van der Waals surface area contributed by atoms with Gasteiger partial charge >= 0.3 is 0 Å². The van der Waals surface area contributed by atoms with Crippen LogP contribution in [-0.4, -0.2) is 48.6 Å². The van der Waals surface area contributed by atoms with Gasteiger partial charge in [0, 0.05) is 33.4 Å². The zero-order chi connectivity index (χ0) is 30.0. The molecule has 2 aliphatic carbocycles. The molecule has 9 heteroatoms. The molecule has 43 heavy (non-hydrogen) atoms. The molecule has 0 aliphatic heterocycles. The van der Waals surface area contributed by atoms with Gasteiger partial charge in [-0.2, -0.15) is 0 Å². The molecule has 2 aromatic carbocycles. The monoisotopic (exact) mass is 586 g/mol. The van der Waals surface area contributed by atoms with Crippen LogP contribution in [0.25, 0.3) is 0 Å². The van der Waals surface area contributed by atoms with Gasteiger partial charge < -0.3 is 29.9 Å². The van der Waals surface area contributed by atoms with E-state index in [9.17, 15) is 25.2 Å². The zero-order valence-electron chi connectivity index (χ0n) is 24.2. The number of benzene rings is 2. The lowest BCUT2D eigenvalue weighted by Crippen LogP contribution is -2.43. The number of carbonyl (C=O) groups excluding carboxylic acids is 1. The molecule has 4 aromatic rings. The summed E-state index contributed by atoms with van der Waals surface area (Å²) in [6.45, 7) is 0.0695. The molecule has 0 fully saturated rings. The summed E-state index contributed by atoms with van der Waals surface area (Å²) in [4.78, 5) is 14.3. The second-order valence-corrected chi connectivity index (χ2v) is 11.3. The first-order chi connectivity index (χ1) is 20.9. The average Bonchev–Trinajstić information content (AvgIpc) is 3.45. The van der Waals surface area contributed by atoms with E-state index in [0.717, 1.165) is 47.9 Å². The Hall–Kier alpha value is -4.21. The highest BCUT2D eigenvalue weighted by molar-refractivity contribution is 6.02. The molecule has 9 nitrogen and oxygen atoms in total. The zero-order valence-corrected chi connectivity index (χ0v) is 24.2. The fourth-order valence-corrected chi connectivity index (χ4v) is 6.54. The Morgan fingerprint density at radius 2 is 0.977 bits per heavy atom. The van der Waals surface area contributed by atoms with Crippen LogP contribution in [0.4, 0.5) is 0 Å². The van der Waals surface area contributed by atoms with E-state index in [1.807, 2.05) is 12.1 Å². The van der Waals surface area contributed by atoms with Crippen LogP contribution in [0, 0.1) is 0 Å². The minimum absolute atomic E-state index is 0.0268. The Bertz CT molecular complexity index is 1460. The summed E-state index contributed by atoms with van der Waals surface area (Å²) in [6, 6.07) is 17.7. The van der Waals surface area contributed by atoms with Gasteiger partial charge in [-0.1, -0.05) is 60.7 Å². The Morgan fingerprint density at radius 3 is 1.37 bits per heavy atom. The fourth-order valence-electron chi connectivity index (χ4n) is 6.54. The van der Waals surface area contributed by atoms with E-state index in [1.165, 1.54) is 9.13 Å². The van der Waals surface area contributed by atoms with Crippen LogP contribution in [0.2, 0.25) is 0 Å². The van der Waals surface area contributed by atoms with Crippen molar-refractivity contribution in [2.75, 3.05) is 13.2 Å². The fraction of sp³-hybridized carbons (Fsp3) is 0.382. The molecule has 2 aliphatic rings. The first-order valence-electron chi connectivity index (χ1n) is 15.1. The van der Waals surface area contributed by atoms with Gasteiger partial charge in [-0.3, -0.25) is 13.9 Å². The van der Waals surface area contributed by atoms with Crippen LogP contribution in [0.3, 0.4) is 0 Å². The van der Waals surface area contributed by atoms with Crippen molar-refractivity contribution in [3.63, 3.8) is 0 Å². The van der Waals surface area contributed by atoms with Crippen molar-refractivity contribution >= 4 is 5.78 Å². The largest absolute Gasteiger partial charge is 0.494 e. The van der Waals surface area contributed by atoms with Crippen LogP contribution < -0.4 is 0 Å². The second-order valence-electron chi connectivity index (χ2n) is 11.3. The third-order valence-electron chi connectivity index (χ3n) is 8.77. The smallest absolute Gasteiger partial charge is 0.261 e. The Morgan fingerprint density at radius 1 is 0.605 bits per heavy atom. The van der Waals surface area contributed by atoms with E-state index < -0.39 is 11.6 Å². The maximum absolute atomic E-state index is 14.3. The molecule has 226 valence electrons. The van der Waals surface area contributed by atoms with Crippen LogP contribution in [0.1, 0.15) is 63.9 Å². The number of hydrogen-bond donors (Lipinski definition) is 4. The first kappa shape index (κ1) is 28.9. The van der Waals surface area contributed by atoms with Gasteiger partial charge in [-0.05, 0) is 51.4 Å². The molecular formula is C34H38N2O7. The number of carbonyl (C=O) groups is 1.